The average molecular weight is 215 g/mol. The molecule has 1 atom stereocenters. The lowest BCUT2D eigenvalue weighted by molar-refractivity contribution is 0.00476. The molecule has 0 bridgehead atoms. The number of nitrogen functional groups attached to an aromatic ring is 1. The van der Waals surface area contributed by atoms with E-state index >= 15 is 0 Å². The maximum Gasteiger partial charge on any atom is 0.187 e. The van der Waals surface area contributed by atoms with Crippen molar-refractivity contribution in [2.45, 2.75) is 12.0 Å². The molecular weight excluding hydrogens is 202 g/mol. The van der Waals surface area contributed by atoms with Crippen LogP contribution in [0, 0.1) is 0 Å². The molecule has 2 heterocycles. The van der Waals surface area contributed by atoms with E-state index in [1.165, 1.54) is 11.3 Å². The molecule has 1 aromatic heterocycles. The number of aliphatic hydroxyl groups is 2. The summed E-state index contributed by atoms with van der Waals surface area (Å²) in [5.74, 6) is 0. The molecule has 1 aliphatic heterocycles. The number of aliphatic hydroxyl groups excluding tert-OH is 1. The van der Waals surface area contributed by atoms with Gasteiger partial charge in [0.15, 0.2) is 5.13 Å². The Bertz CT molecular complexity index is 330. The van der Waals surface area contributed by atoms with Gasteiger partial charge < -0.3 is 20.8 Å². The van der Waals surface area contributed by atoms with Gasteiger partial charge in [-0.15, -0.1) is 0 Å². The Morgan fingerprint density at radius 2 is 2.50 bits per heavy atom. The van der Waals surface area contributed by atoms with Crippen LogP contribution >= 0.6 is 11.3 Å². The van der Waals surface area contributed by atoms with Crippen LogP contribution in [0.4, 0.5) is 10.1 Å². The average Bonchev–Trinajstić information content (AvgIpc) is 2.73. The zero-order valence-electron chi connectivity index (χ0n) is 7.68. The molecule has 2 rings (SSSR count). The van der Waals surface area contributed by atoms with E-state index in [-0.39, 0.29) is 6.61 Å². The quantitative estimate of drug-likeness (QED) is 0.628. The molecule has 0 aliphatic carbocycles. The zero-order chi connectivity index (χ0) is 10.2. The van der Waals surface area contributed by atoms with Crippen LogP contribution in [0.15, 0.2) is 6.20 Å². The van der Waals surface area contributed by atoms with Crippen LogP contribution in [-0.2, 0) is 0 Å². The van der Waals surface area contributed by atoms with Crippen LogP contribution in [0.3, 0.4) is 0 Å². The van der Waals surface area contributed by atoms with Crippen LogP contribution in [-0.4, -0.2) is 40.5 Å². The Balaban J connectivity index is 2.09. The molecule has 0 saturated carbocycles. The Hall–Kier alpha value is -0.850. The topological polar surface area (TPSA) is 82.6 Å². The normalized spacial score (nSPS) is 27.1. The molecular formula is C8H13N3O2S. The summed E-state index contributed by atoms with van der Waals surface area (Å²) in [6.45, 7) is 0.935. The fourth-order valence-electron chi connectivity index (χ4n) is 1.57. The standard InChI is InChI=1S/C8H13N3O2S/c9-6-3-10-7(14-6)11-2-1-8(13,4-11)5-12/h3,12-13H,1-2,4-5,9H2. The summed E-state index contributed by atoms with van der Waals surface area (Å²) in [5, 5.41) is 20.2. The number of anilines is 2. The number of β-amino-alcohol motifs (C(OH)–C–C–N with tert-alkyl or cyclic N) is 1. The molecule has 0 radical (unpaired) electrons. The number of rotatable bonds is 2. The molecule has 0 spiro atoms. The van der Waals surface area contributed by atoms with E-state index in [1.807, 2.05) is 4.90 Å². The Morgan fingerprint density at radius 3 is 3.00 bits per heavy atom. The van der Waals surface area contributed by atoms with Gasteiger partial charge in [-0.25, -0.2) is 4.98 Å². The number of hydrogen-bond donors (Lipinski definition) is 3. The summed E-state index contributed by atoms with van der Waals surface area (Å²) < 4.78 is 0. The first-order valence-electron chi connectivity index (χ1n) is 4.42. The van der Waals surface area contributed by atoms with Gasteiger partial charge in [0.2, 0.25) is 0 Å². The van der Waals surface area contributed by atoms with Crippen molar-refractivity contribution in [1.82, 2.24) is 4.98 Å². The minimum Gasteiger partial charge on any atom is -0.393 e. The van der Waals surface area contributed by atoms with Gasteiger partial charge in [0.05, 0.1) is 19.3 Å². The van der Waals surface area contributed by atoms with Crippen molar-refractivity contribution < 1.29 is 10.2 Å². The monoisotopic (exact) mass is 215 g/mol. The molecule has 0 amide bonds. The fourth-order valence-corrected chi connectivity index (χ4v) is 2.28. The van der Waals surface area contributed by atoms with E-state index in [0.717, 1.165) is 5.13 Å². The third-order valence-corrected chi connectivity index (χ3v) is 3.30. The van der Waals surface area contributed by atoms with Crippen LogP contribution in [0.25, 0.3) is 0 Å². The molecule has 78 valence electrons. The van der Waals surface area contributed by atoms with E-state index < -0.39 is 5.60 Å². The van der Waals surface area contributed by atoms with Gasteiger partial charge in [0.25, 0.3) is 0 Å². The molecule has 1 fully saturated rings. The maximum atomic E-state index is 9.79. The molecule has 4 N–H and O–H groups in total. The smallest absolute Gasteiger partial charge is 0.187 e. The van der Waals surface area contributed by atoms with Crippen LogP contribution in [0.5, 0.6) is 0 Å². The minimum atomic E-state index is -0.972. The van der Waals surface area contributed by atoms with Crippen molar-refractivity contribution >= 4 is 21.5 Å². The van der Waals surface area contributed by atoms with Crippen LogP contribution in [0.1, 0.15) is 6.42 Å². The Kier molecular flexibility index (Phi) is 2.34. The Labute approximate surface area is 85.8 Å². The highest BCUT2D eigenvalue weighted by Gasteiger charge is 2.36. The molecule has 1 saturated heterocycles. The lowest BCUT2D eigenvalue weighted by Crippen LogP contribution is -2.36. The molecule has 1 aliphatic rings. The first-order chi connectivity index (χ1) is 6.63. The first-order valence-corrected chi connectivity index (χ1v) is 5.24. The predicted molar refractivity (Wildman–Crippen MR) is 55.4 cm³/mol. The largest absolute Gasteiger partial charge is 0.393 e. The second-order valence-electron chi connectivity index (χ2n) is 3.60. The summed E-state index contributed by atoms with van der Waals surface area (Å²) in [6.07, 6.45) is 2.18. The fraction of sp³-hybridized carbons (Fsp3) is 0.625. The van der Waals surface area contributed by atoms with Gasteiger partial charge in [0, 0.05) is 6.54 Å². The number of aromatic nitrogens is 1. The van der Waals surface area contributed by atoms with E-state index in [4.69, 9.17) is 10.8 Å². The molecule has 6 heteroatoms. The van der Waals surface area contributed by atoms with Crippen molar-refractivity contribution in [3.05, 3.63) is 6.20 Å². The van der Waals surface area contributed by atoms with Crippen LogP contribution < -0.4 is 10.6 Å². The van der Waals surface area contributed by atoms with Gasteiger partial charge in [-0.1, -0.05) is 11.3 Å². The highest BCUT2D eigenvalue weighted by molar-refractivity contribution is 7.19. The van der Waals surface area contributed by atoms with E-state index in [9.17, 15) is 5.11 Å². The van der Waals surface area contributed by atoms with E-state index in [1.54, 1.807) is 6.20 Å². The number of nitrogens with two attached hydrogens (primary N) is 1. The third kappa shape index (κ3) is 1.68. The number of nitrogens with zero attached hydrogens (tertiary/aromatic N) is 2. The highest BCUT2D eigenvalue weighted by Crippen LogP contribution is 2.30. The summed E-state index contributed by atoms with van der Waals surface area (Å²) in [4.78, 5) is 6.07. The molecule has 14 heavy (non-hydrogen) atoms. The minimum absolute atomic E-state index is 0.204. The lowest BCUT2D eigenvalue weighted by atomic mass is 10.1. The predicted octanol–water partition coefficient (Wildman–Crippen LogP) is -0.341. The Morgan fingerprint density at radius 1 is 1.71 bits per heavy atom. The SMILES string of the molecule is Nc1cnc(N2CCC(O)(CO)C2)s1. The maximum absolute atomic E-state index is 9.79. The van der Waals surface area contributed by atoms with Crippen molar-refractivity contribution in [1.29, 1.82) is 0 Å². The lowest BCUT2D eigenvalue weighted by Gasteiger charge is -2.20. The zero-order valence-corrected chi connectivity index (χ0v) is 8.50. The second-order valence-corrected chi connectivity index (χ2v) is 4.64. The van der Waals surface area contributed by atoms with Crippen molar-refractivity contribution in [2.75, 3.05) is 30.3 Å². The highest BCUT2D eigenvalue weighted by atomic mass is 32.1. The summed E-state index contributed by atoms with van der Waals surface area (Å²) in [6, 6.07) is 0. The molecule has 1 unspecified atom stereocenters. The summed E-state index contributed by atoms with van der Waals surface area (Å²) in [7, 11) is 0. The van der Waals surface area contributed by atoms with Gasteiger partial charge >= 0.3 is 0 Å². The number of thiazole rings is 1. The number of hydrogen-bond acceptors (Lipinski definition) is 6. The first kappa shape index (κ1) is 9.70. The summed E-state index contributed by atoms with van der Waals surface area (Å²) in [5.41, 5.74) is 4.59. The van der Waals surface area contributed by atoms with Crippen molar-refractivity contribution in [3.63, 3.8) is 0 Å². The summed E-state index contributed by atoms with van der Waals surface area (Å²) >= 11 is 1.40. The van der Waals surface area contributed by atoms with E-state index in [0.29, 0.717) is 24.5 Å². The van der Waals surface area contributed by atoms with Gasteiger partial charge in [-0.3, -0.25) is 0 Å². The van der Waals surface area contributed by atoms with Crippen molar-refractivity contribution in [3.8, 4) is 0 Å². The molecule has 1 aromatic rings. The van der Waals surface area contributed by atoms with Gasteiger partial charge in [-0.2, -0.15) is 0 Å². The van der Waals surface area contributed by atoms with Gasteiger partial charge in [-0.05, 0) is 6.42 Å². The van der Waals surface area contributed by atoms with Crippen molar-refractivity contribution in [2.24, 2.45) is 0 Å². The van der Waals surface area contributed by atoms with Gasteiger partial charge in [0.1, 0.15) is 10.6 Å². The molecule has 5 nitrogen and oxygen atoms in total. The second kappa shape index (κ2) is 3.38. The molecule has 0 aromatic carbocycles. The van der Waals surface area contributed by atoms with Crippen LogP contribution in [0.2, 0.25) is 0 Å². The van der Waals surface area contributed by atoms with E-state index in [2.05, 4.69) is 4.98 Å². The third-order valence-electron chi connectivity index (χ3n) is 2.41.